The molecule has 0 aliphatic carbocycles. The molecule has 3 aromatic rings. The van der Waals surface area contributed by atoms with Gasteiger partial charge in [0.25, 0.3) is 0 Å². The summed E-state index contributed by atoms with van der Waals surface area (Å²) in [6.45, 7) is 18.5. The van der Waals surface area contributed by atoms with Crippen LogP contribution in [0.15, 0.2) is 98.5 Å². The van der Waals surface area contributed by atoms with Crippen LogP contribution >= 0.6 is 0 Å². The summed E-state index contributed by atoms with van der Waals surface area (Å²) in [4.78, 5) is 7.97. The Morgan fingerprint density at radius 3 is 1.50 bits per heavy atom. The number of benzene rings is 1. The van der Waals surface area contributed by atoms with Gasteiger partial charge in [-0.2, -0.15) is 0 Å². The van der Waals surface area contributed by atoms with E-state index in [1.807, 2.05) is 90.2 Å². The highest BCUT2D eigenvalue weighted by molar-refractivity contribution is 5.77. The van der Waals surface area contributed by atoms with Crippen molar-refractivity contribution >= 4 is 10.9 Å². The number of pyridine rings is 2. The van der Waals surface area contributed by atoms with Crippen LogP contribution in [0, 0.1) is 0 Å². The van der Waals surface area contributed by atoms with E-state index in [1.54, 1.807) is 24.5 Å². The van der Waals surface area contributed by atoms with E-state index in [-0.39, 0.29) is 0 Å². The van der Waals surface area contributed by atoms with Gasteiger partial charge in [-0.25, -0.2) is 0 Å². The maximum atomic E-state index is 4.18. The van der Waals surface area contributed by atoms with Crippen LogP contribution in [0.5, 0.6) is 0 Å². The number of aromatic nitrogens is 2. The van der Waals surface area contributed by atoms with Gasteiger partial charge in [0, 0.05) is 24.0 Å². The van der Waals surface area contributed by atoms with Crippen LogP contribution in [0.1, 0.15) is 41.5 Å². The van der Waals surface area contributed by atoms with Gasteiger partial charge in [-0.1, -0.05) is 70.2 Å². The van der Waals surface area contributed by atoms with E-state index in [1.165, 1.54) is 5.39 Å². The van der Waals surface area contributed by atoms with Crippen molar-refractivity contribution < 1.29 is 0 Å². The lowest BCUT2D eigenvalue weighted by molar-refractivity contribution is 1.33. The summed E-state index contributed by atoms with van der Waals surface area (Å²) in [5.41, 5.74) is 1.06. The minimum atomic E-state index is 1.06. The Morgan fingerprint density at radius 1 is 0.654 bits per heavy atom. The van der Waals surface area contributed by atoms with Crippen molar-refractivity contribution in [3.63, 3.8) is 0 Å². The second-order valence-electron chi connectivity index (χ2n) is 4.04. The first-order chi connectivity index (χ1) is 12.8. The molecular formula is C24H36N2. The average molecular weight is 353 g/mol. The second kappa shape index (κ2) is 27.1. The van der Waals surface area contributed by atoms with E-state index in [2.05, 4.69) is 35.3 Å². The second-order valence-corrected chi connectivity index (χ2v) is 4.04. The zero-order valence-corrected chi connectivity index (χ0v) is 17.4. The first-order valence-corrected chi connectivity index (χ1v) is 9.09. The quantitative estimate of drug-likeness (QED) is 0.386. The van der Waals surface area contributed by atoms with E-state index in [9.17, 15) is 0 Å². The molecule has 0 fully saturated rings. The molecule has 0 aliphatic heterocycles. The molecule has 0 saturated carbocycles. The topological polar surface area (TPSA) is 25.8 Å². The molecular weight excluding hydrogens is 316 g/mol. The third-order valence-corrected chi connectivity index (χ3v) is 2.08. The Balaban J connectivity index is -0.000000286. The fourth-order valence-corrected chi connectivity index (χ4v) is 1.33. The van der Waals surface area contributed by atoms with Crippen molar-refractivity contribution in [3.8, 4) is 0 Å². The molecule has 0 amide bonds. The molecule has 2 heterocycles. The van der Waals surface area contributed by atoms with Gasteiger partial charge in [0.2, 0.25) is 0 Å². The smallest absolute Gasteiger partial charge is 0.0701 e. The van der Waals surface area contributed by atoms with E-state index in [0.717, 1.165) is 5.52 Å². The minimum absolute atomic E-state index is 1.06. The predicted octanol–water partition coefficient (Wildman–Crippen LogP) is 7.75. The summed E-state index contributed by atoms with van der Waals surface area (Å²) in [7, 11) is 0. The van der Waals surface area contributed by atoms with Crippen LogP contribution in [0.4, 0.5) is 0 Å². The van der Waals surface area contributed by atoms with Crippen molar-refractivity contribution in [2.24, 2.45) is 0 Å². The maximum Gasteiger partial charge on any atom is 0.0701 e. The third kappa shape index (κ3) is 19.3. The van der Waals surface area contributed by atoms with Crippen LogP contribution < -0.4 is 0 Å². The lowest BCUT2D eigenvalue weighted by Gasteiger charge is -1.91. The first kappa shape index (κ1) is 28.1. The van der Waals surface area contributed by atoms with Crippen molar-refractivity contribution in [1.82, 2.24) is 9.97 Å². The number of rotatable bonds is 0. The zero-order chi connectivity index (χ0) is 20.5. The Bertz CT molecular complexity index is 521. The standard InChI is InChI=1S/C9H7N.C5H5N.2C3H6.2C2H6/c1-2-6-9-8(4-1)5-3-7-10-9;1-2-4-6-5-3-1;2*1-3-2;2*1-2/h1-7H;1-5H;2*3H,1H2,2H3;2*1-2H3. The third-order valence-electron chi connectivity index (χ3n) is 2.08. The molecule has 26 heavy (non-hydrogen) atoms. The summed E-state index contributed by atoms with van der Waals surface area (Å²) in [5, 5.41) is 1.20. The van der Waals surface area contributed by atoms with E-state index < -0.39 is 0 Å². The molecule has 0 spiro atoms. The normalized spacial score (nSPS) is 7.15. The molecule has 2 nitrogen and oxygen atoms in total. The largest absolute Gasteiger partial charge is 0.265 e. The number of hydrogen-bond donors (Lipinski definition) is 0. The van der Waals surface area contributed by atoms with Gasteiger partial charge in [0.1, 0.15) is 0 Å². The molecule has 0 bridgehead atoms. The number of hydrogen-bond acceptors (Lipinski definition) is 2. The molecule has 1 aromatic carbocycles. The van der Waals surface area contributed by atoms with Gasteiger partial charge in [-0.05, 0) is 38.1 Å². The monoisotopic (exact) mass is 352 g/mol. The molecule has 0 saturated heterocycles. The van der Waals surface area contributed by atoms with Crippen LogP contribution in [0.25, 0.3) is 10.9 Å². The lowest BCUT2D eigenvalue weighted by Crippen LogP contribution is -1.73. The minimum Gasteiger partial charge on any atom is -0.265 e. The van der Waals surface area contributed by atoms with E-state index in [0.29, 0.717) is 0 Å². The summed E-state index contributed by atoms with van der Waals surface area (Å²) < 4.78 is 0. The van der Waals surface area contributed by atoms with Gasteiger partial charge in [-0.15, -0.1) is 13.2 Å². The highest BCUT2D eigenvalue weighted by Crippen LogP contribution is 2.07. The van der Waals surface area contributed by atoms with Crippen LogP contribution in [-0.4, -0.2) is 9.97 Å². The van der Waals surface area contributed by atoms with E-state index >= 15 is 0 Å². The zero-order valence-electron chi connectivity index (χ0n) is 17.4. The molecule has 142 valence electrons. The van der Waals surface area contributed by atoms with Gasteiger partial charge in [0.15, 0.2) is 0 Å². The SMILES string of the molecule is C=CC.C=CC.CC.CC.c1ccc2ncccc2c1.c1ccncc1. The molecule has 3 rings (SSSR count). The summed E-state index contributed by atoms with van der Waals surface area (Å²) >= 11 is 0. The number of allylic oxidation sites excluding steroid dienone is 2. The van der Waals surface area contributed by atoms with Gasteiger partial charge < -0.3 is 0 Å². The lowest BCUT2D eigenvalue weighted by atomic mass is 10.2. The number of nitrogens with zero attached hydrogens (tertiary/aromatic N) is 2. The molecule has 2 heteroatoms. The fraction of sp³-hybridized carbons (Fsp3) is 0.250. The van der Waals surface area contributed by atoms with Gasteiger partial charge in [-0.3, -0.25) is 9.97 Å². The first-order valence-electron chi connectivity index (χ1n) is 9.09. The summed E-state index contributed by atoms with van der Waals surface area (Å²) in [5.74, 6) is 0. The number of fused-ring (bicyclic) bond motifs is 1. The van der Waals surface area contributed by atoms with Crippen molar-refractivity contribution in [3.05, 3.63) is 98.5 Å². The molecule has 0 atom stereocenters. The Kier molecular flexibility index (Phi) is 29.3. The predicted molar refractivity (Wildman–Crippen MR) is 120 cm³/mol. The maximum absolute atomic E-state index is 4.18. The molecule has 0 radical (unpaired) electrons. The van der Waals surface area contributed by atoms with Crippen LogP contribution in [-0.2, 0) is 0 Å². The Morgan fingerprint density at radius 2 is 1.12 bits per heavy atom. The molecule has 0 unspecified atom stereocenters. The molecule has 0 N–H and O–H groups in total. The number of para-hydroxylation sites is 1. The molecule has 2 aromatic heterocycles. The van der Waals surface area contributed by atoms with Crippen molar-refractivity contribution in [2.45, 2.75) is 41.5 Å². The highest BCUT2D eigenvalue weighted by Gasteiger charge is 1.86. The van der Waals surface area contributed by atoms with Crippen LogP contribution in [0.2, 0.25) is 0 Å². The fourth-order valence-electron chi connectivity index (χ4n) is 1.33. The van der Waals surface area contributed by atoms with Crippen molar-refractivity contribution in [1.29, 1.82) is 0 Å². The highest BCUT2D eigenvalue weighted by atomic mass is 14.6. The van der Waals surface area contributed by atoms with Crippen LogP contribution in [0.3, 0.4) is 0 Å². The van der Waals surface area contributed by atoms with Gasteiger partial charge in [0.05, 0.1) is 5.52 Å². The van der Waals surface area contributed by atoms with Gasteiger partial charge >= 0.3 is 0 Å². The summed E-state index contributed by atoms with van der Waals surface area (Å²) in [6, 6.07) is 17.8. The van der Waals surface area contributed by atoms with Crippen molar-refractivity contribution in [2.75, 3.05) is 0 Å². The molecule has 0 aliphatic rings. The van der Waals surface area contributed by atoms with E-state index in [4.69, 9.17) is 0 Å². The summed E-state index contributed by atoms with van der Waals surface area (Å²) in [6.07, 6.45) is 8.81. The average Bonchev–Trinajstić information content (AvgIpc) is 2.74. The Labute approximate surface area is 161 Å². The Hall–Kier alpha value is -2.74.